The molecule has 0 N–H and O–H groups in total. The van der Waals surface area contributed by atoms with Gasteiger partial charge in [0.25, 0.3) is 0 Å². The van der Waals surface area contributed by atoms with E-state index in [0.29, 0.717) is 18.8 Å². The lowest BCUT2D eigenvalue weighted by Crippen LogP contribution is -2.25. The fourth-order valence-corrected chi connectivity index (χ4v) is 4.88. The first-order chi connectivity index (χ1) is 16.0. The zero-order valence-electron chi connectivity index (χ0n) is 22.1. The molecule has 0 aliphatic carbocycles. The minimum atomic E-state index is -0.277. The van der Waals surface area contributed by atoms with E-state index in [-0.39, 0.29) is 10.8 Å². The molecule has 0 aliphatic rings. The number of aryl methyl sites for hydroxylation is 1. The summed E-state index contributed by atoms with van der Waals surface area (Å²) in [5.41, 5.74) is 4.28. The van der Waals surface area contributed by atoms with Crippen LogP contribution in [0.4, 0.5) is 0 Å². The first kappa shape index (κ1) is 28.0. The van der Waals surface area contributed by atoms with Gasteiger partial charge in [-0.1, -0.05) is 88.7 Å². The molecule has 0 saturated heterocycles. The minimum absolute atomic E-state index is 0.151. The van der Waals surface area contributed by atoms with Crippen LogP contribution >= 0.6 is 12.6 Å². The van der Waals surface area contributed by atoms with Crippen molar-refractivity contribution in [3.8, 4) is 5.75 Å². The molecule has 2 rings (SSSR count). The molecule has 2 aromatic carbocycles. The Hall–Kier alpha value is -2.26. The summed E-state index contributed by atoms with van der Waals surface area (Å²) in [5.74, 6) is 1.21. The van der Waals surface area contributed by atoms with Gasteiger partial charge in [0.15, 0.2) is 0 Å². The molecule has 0 fully saturated rings. The molecule has 184 valence electrons. The van der Waals surface area contributed by atoms with Crippen LogP contribution in [0, 0.1) is 12.3 Å². The van der Waals surface area contributed by atoms with Gasteiger partial charge in [-0.25, -0.2) is 0 Å². The van der Waals surface area contributed by atoms with Gasteiger partial charge in [0.1, 0.15) is 18.1 Å². The first-order valence-corrected chi connectivity index (χ1v) is 12.9. The highest BCUT2D eigenvalue weighted by Gasteiger charge is 2.31. The van der Waals surface area contributed by atoms with Gasteiger partial charge in [0.2, 0.25) is 0 Å². The topological polar surface area (TPSA) is 26.3 Å². The third-order valence-electron chi connectivity index (χ3n) is 6.70. The predicted octanol–water partition coefficient (Wildman–Crippen LogP) is 8.79. The van der Waals surface area contributed by atoms with Crippen LogP contribution < -0.4 is 4.74 Å². The van der Waals surface area contributed by atoms with Crippen LogP contribution in [-0.4, -0.2) is 5.78 Å². The number of carbonyl (C=O) groups is 1. The SMILES string of the molecule is CCC(CC)(/C(S)=C/C(C)=C/CCC(=O)C(C)(C)C)c1ccc(OCc2ccccc2)c(C)c1. The van der Waals surface area contributed by atoms with Gasteiger partial charge in [-0.05, 0) is 66.8 Å². The van der Waals surface area contributed by atoms with Gasteiger partial charge < -0.3 is 4.74 Å². The minimum Gasteiger partial charge on any atom is -0.489 e. The van der Waals surface area contributed by atoms with Gasteiger partial charge in [-0.15, -0.1) is 12.6 Å². The second-order valence-electron chi connectivity index (χ2n) is 10.2. The Morgan fingerprint density at radius 1 is 1.03 bits per heavy atom. The second-order valence-corrected chi connectivity index (χ2v) is 10.7. The van der Waals surface area contributed by atoms with E-state index >= 15 is 0 Å². The lowest BCUT2D eigenvalue weighted by Gasteiger charge is -2.34. The van der Waals surface area contributed by atoms with Gasteiger partial charge in [-0.3, -0.25) is 4.79 Å². The smallest absolute Gasteiger partial charge is 0.138 e. The van der Waals surface area contributed by atoms with Crippen LogP contribution in [-0.2, 0) is 16.8 Å². The van der Waals surface area contributed by atoms with Crippen LogP contribution in [0.2, 0.25) is 0 Å². The third kappa shape index (κ3) is 7.37. The quantitative estimate of drug-likeness (QED) is 0.258. The van der Waals surface area contributed by atoms with E-state index < -0.39 is 0 Å². The summed E-state index contributed by atoms with van der Waals surface area (Å²) >= 11 is 5.00. The summed E-state index contributed by atoms with van der Waals surface area (Å²) in [7, 11) is 0. The van der Waals surface area contributed by atoms with Crippen LogP contribution in [0.15, 0.2) is 71.2 Å². The van der Waals surface area contributed by atoms with Crippen molar-refractivity contribution >= 4 is 18.4 Å². The van der Waals surface area contributed by atoms with Gasteiger partial charge in [-0.2, -0.15) is 0 Å². The second kappa shape index (κ2) is 12.4. The predicted molar refractivity (Wildman–Crippen MR) is 149 cm³/mol. The maximum Gasteiger partial charge on any atom is 0.138 e. The highest BCUT2D eigenvalue weighted by molar-refractivity contribution is 7.84. The highest BCUT2D eigenvalue weighted by atomic mass is 32.1. The van der Waals surface area contributed by atoms with Gasteiger partial charge in [0, 0.05) is 17.3 Å². The molecule has 0 radical (unpaired) electrons. The van der Waals surface area contributed by atoms with Crippen molar-refractivity contribution in [1.29, 1.82) is 0 Å². The molecular weight excluding hydrogens is 436 g/mol. The van der Waals surface area contributed by atoms with Crippen LogP contribution in [0.3, 0.4) is 0 Å². The Balaban J connectivity index is 2.20. The van der Waals surface area contributed by atoms with Crippen LogP contribution in [0.25, 0.3) is 0 Å². The molecule has 0 spiro atoms. The summed E-state index contributed by atoms with van der Waals surface area (Å²) in [6.07, 6.45) is 7.58. The molecule has 0 aromatic heterocycles. The van der Waals surface area contributed by atoms with E-state index in [2.05, 4.69) is 70.2 Å². The third-order valence-corrected chi connectivity index (χ3v) is 7.26. The summed E-state index contributed by atoms with van der Waals surface area (Å²) < 4.78 is 6.10. The van der Waals surface area contributed by atoms with Crippen molar-refractivity contribution in [3.63, 3.8) is 0 Å². The monoisotopic (exact) mass is 478 g/mol. The maximum absolute atomic E-state index is 12.2. The van der Waals surface area contributed by atoms with Gasteiger partial charge >= 0.3 is 0 Å². The maximum atomic E-state index is 12.2. The Morgan fingerprint density at radius 3 is 2.24 bits per heavy atom. The molecule has 34 heavy (non-hydrogen) atoms. The Labute approximate surface area is 212 Å². The number of ketones is 1. The molecular formula is C31H42O2S. The first-order valence-electron chi connectivity index (χ1n) is 12.4. The number of ether oxygens (including phenoxy) is 1. The normalized spacial score (nSPS) is 13.2. The van der Waals surface area contributed by atoms with E-state index in [1.807, 2.05) is 39.0 Å². The molecule has 0 amide bonds. The van der Waals surface area contributed by atoms with E-state index in [4.69, 9.17) is 17.4 Å². The number of rotatable bonds is 11. The highest BCUT2D eigenvalue weighted by Crippen LogP contribution is 2.42. The largest absolute Gasteiger partial charge is 0.489 e. The van der Waals surface area contributed by atoms with E-state index in [0.717, 1.165) is 46.6 Å². The van der Waals surface area contributed by atoms with Crippen molar-refractivity contribution in [2.45, 2.75) is 86.2 Å². The molecule has 0 saturated carbocycles. The summed E-state index contributed by atoms with van der Waals surface area (Å²) in [6, 6.07) is 16.8. The number of thiol groups is 1. The molecule has 0 atom stereocenters. The van der Waals surface area contributed by atoms with Crippen molar-refractivity contribution in [1.82, 2.24) is 0 Å². The zero-order valence-corrected chi connectivity index (χ0v) is 23.0. The van der Waals surface area contributed by atoms with Crippen LogP contribution in [0.5, 0.6) is 5.75 Å². The van der Waals surface area contributed by atoms with Crippen LogP contribution in [0.1, 0.15) is 83.9 Å². The summed E-state index contributed by atoms with van der Waals surface area (Å²) in [5, 5.41) is 0. The lowest BCUT2D eigenvalue weighted by atomic mass is 9.74. The number of allylic oxidation sites excluding steroid dienone is 4. The Morgan fingerprint density at radius 2 is 1.68 bits per heavy atom. The number of carbonyl (C=O) groups excluding carboxylic acids is 1. The van der Waals surface area contributed by atoms with Crippen molar-refractivity contribution in [2.24, 2.45) is 5.41 Å². The lowest BCUT2D eigenvalue weighted by molar-refractivity contribution is -0.126. The van der Waals surface area contributed by atoms with Crippen molar-refractivity contribution < 1.29 is 9.53 Å². The molecule has 3 heteroatoms. The average molecular weight is 479 g/mol. The number of hydrogen-bond donors (Lipinski definition) is 1. The number of benzene rings is 2. The Bertz CT molecular complexity index is 1010. The number of Topliss-reactive ketones (excluding diaryl/α,β-unsaturated/α-hetero) is 1. The van der Waals surface area contributed by atoms with E-state index in [1.54, 1.807) is 0 Å². The summed E-state index contributed by atoms with van der Waals surface area (Å²) in [6.45, 7) is 15.2. The Kier molecular flexibility index (Phi) is 10.2. The molecule has 0 unspecified atom stereocenters. The zero-order chi connectivity index (χ0) is 25.4. The molecule has 0 aliphatic heterocycles. The fourth-order valence-electron chi connectivity index (χ4n) is 4.23. The van der Waals surface area contributed by atoms with Crippen molar-refractivity contribution in [3.05, 3.63) is 87.9 Å². The molecule has 2 nitrogen and oxygen atoms in total. The summed E-state index contributed by atoms with van der Waals surface area (Å²) in [4.78, 5) is 13.3. The fraction of sp³-hybridized carbons (Fsp3) is 0.452. The molecule has 0 heterocycles. The van der Waals surface area contributed by atoms with E-state index in [1.165, 1.54) is 5.56 Å². The molecule has 0 bridgehead atoms. The average Bonchev–Trinajstić information content (AvgIpc) is 2.79. The van der Waals surface area contributed by atoms with Crippen molar-refractivity contribution in [2.75, 3.05) is 0 Å². The number of hydrogen-bond acceptors (Lipinski definition) is 3. The van der Waals surface area contributed by atoms with Gasteiger partial charge in [0.05, 0.1) is 0 Å². The standard InChI is InChI=1S/C31H42O2S/c1-8-31(9-2,29(34)20-23(3)14-13-17-28(32)30(5,6)7)26-18-19-27(24(4)21-26)33-22-25-15-11-10-12-16-25/h10-12,14-16,18-21,34H,8-9,13,17,22H2,1-7H3/b23-14+,29-20-. The van der Waals surface area contributed by atoms with E-state index in [9.17, 15) is 4.79 Å². The molecule has 2 aromatic rings.